The fraction of sp³-hybridized carbons (Fsp3) is 0.700. The van der Waals surface area contributed by atoms with E-state index in [0.29, 0.717) is 6.04 Å². The molecule has 0 spiro atoms. The molecule has 1 aliphatic heterocycles. The van der Waals surface area contributed by atoms with Crippen molar-refractivity contribution < 1.29 is 5.11 Å². The molecule has 2 unspecified atom stereocenters. The Labute approximate surface area is 136 Å². The summed E-state index contributed by atoms with van der Waals surface area (Å²) in [5, 5.41) is 10.3. The van der Waals surface area contributed by atoms with Crippen molar-refractivity contribution in [2.24, 2.45) is 0 Å². The summed E-state index contributed by atoms with van der Waals surface area (Å²) in [6.45, 7) is 4.49. The second-order valence-electron chi connectivity index (χ2n) is 6.77. The van der Waals surface area contributed by atoms with Crippen LogP contribution in [0.3, 0.4) is 0 Å². The second kappa shape index (κ2) is 10.0. The third-order valence-corrected chi connectivity index (χ3v) is 4.96. The Kier molecular flexibility index (Phi) is 7.96. The fourth-order valence-electron chi connectivity index (χ4n) is 3.57. The van der Waals surface area contributed by atoms with Crippen LogP contribution in [0, 0.1) is 0 Å². The van der Waals surface area contributed by atoms with Crippen LogP contribution in [0.1, 0.15) is 63.9 Å². The van der Waals surface area contributed by atoms with Crippen molar-refractivity contribution in [3.8, 4) is 0 Å². The van der Waals surface area contributed by atoms with E-state index in [-0.39, 0.29) is 6.10 Å². The first-order valence-corrected chi connectivity index (χ1v) is 9.27. The molecule has 0 aromatic heterocycles. The Hall–Kier alpha value is -0.860. The molecule has 1 aliphatic rings. The van der Waals surface area contributed by atoms with Gasteiger partial charge in [-0.2, -0.15) is 0 Å². The zero-order chi connectivity index (χ0) is 15.6. The van der Waals surface area contributed by atoms with Gasteiger partial charge < -0.3 is 5.11 Å². The quantitative estimate of drug-likeness (QED) is 0.647. The van der Waals surface area contributed by atoms with Crippen LogP contribution in [0.15, 0.2) is 30.3 Å². The van der Waals surface area contributed by atoms with Crippen molar-refractivity contribution in [3.05, 3.63) is 35.9 Å². The number of aliphatic hydroxyl groups is 1. The maximum Gasteiger partial charge on any atom is 0.0710 e. The standard InChI is InChI=1S/C20H33NO/c1-2-3-4-5-6-7-11-15-21-16-14-20(22)19(21)17-18-12-9-8-10-13-18/h8-10,12-13,19-20,22H,2-7,11,14-17H2,1H3. The van der Waals surface area contributed by atoms with Gasteiger partial charge in [-0.3, -0.25) is 4.90 Å². The molecule has 0 aliphatic carbocycles. The Bertz CT molecular complexity index is 392. The first-order valence-electron chi connectivity index (χ1n) is 9.27. The van der Waals surface area contributed by atoms with Gasteiger partial charge in [0.25, 0.3) is 0 Å². The van der Waals surface area contributed by atoms with E-state index >= 15 is 0 Å². The molecule has 2 rings (SSSR count). The molecule has 0 bridgehead atoms. The molecule has 1 aromatic carbocycles. The normalized spacial score (nSPS) is 22.3. The first kappa shape index (κ1) is 17.5. The van der Waals surface area contributed by atoms with Crippen LogP contribution in [0.2, 0.25) is 0 Å². The van der Waals surface area contributed by atoms with Crippen molar-refractivity contribution >= 4 is 0 Å². The lowest BCUT2D eigenvalue weighted by molar-refractivity contribution is 0.114. The van der Waals surface area contributed by atoms with Crippen molar-refractivity contribution in [2.75, 3.05) is 13.1 Å². The average molecular weight is 303 g/mol. The molecular formula is C20H33NO. The van der Waals surface area contributed by atoms with Gasteiger partial charge in [-0.25, -0.2) is 0 Å². The van der Waals surface area contributed by atoms with Gasteiger partial charge >= 0.3 is 0 Å². The van der Waals surface area contributed by atoms with Crippen molar-refractivity contribution in [1.82, 2.24) is 4.90 Å². The van der Waals surface area contributed by atoms with Crippen LogP contribution >= 0.6 is 0 Å². The highest BCUT2D eigenvalue weighted by atomic mass is 16.3. The summed E-state index contributed by atoms with van der Waals surface area (Å²) in [5.41, 5.74) is 1.35. The van der Waals surface area contributed by atoms with Gasteiger partial charge in [0.2, 0.25) is 0 Å². The molecule has 124 valence electrons. The number of rotatable bonds is 10. The molecule has 1 saturated heterocycles. The highest BCUT2D eigenvalue weighted by Crippen LogP contribution is 2.22. The van der Waals surface area contributed by atoms with E-state index in [1.807, 2.05) is 0 Å². The molecule has 2 atom stereocenters. The molecule has 1 N–H and O–H groups in total. The molecule has 1 aromatic rings. The second-order valence-corrected chi connectivity index (χ2v) is 6.77. The minimum absolute atomic E-state index is 0.148. The van der Waals surface area contributed by atoms with Gasteiger partial charge in [0.15, 0.2) is 0 Å². The zero-order valence-electron chi connectivity index (χ0n) is 14.2. The molecule has 0 amide bonds. The lowest BCUT2D eigenvalue weighted by atomic mass is 10.0. The number of hydrogen-bond acceptors (Lipinski definition) is 2. The summed E-state index contributed by atoms with van der Waals surface area (Å²) in [7, 11) is 0. The van der Waals surface area contributed by atoms with Crippen molar-refractivity contribution in [3.63, 3.8) is 0 Å². The maximum atomic E-state index is 10.3. The maximum absolute atomic E-state index is 10.3. The van der Waals surface area contributed by atoms with Crippen LogP contribution in [0.4, 0.5) is 0 Å². The lowest BCUT2D eigenvalue weighted by Gasteiger charge is -2.26. The number of nitrogens with zero attached hydrogens (tertiary/aromatic N) is 1. The Morgan fingerprint density at radius 1 is 1.00 bits per heavy atom. The monoisotopic (exact) mass is 303 g/mol. The van der Waals surface area contributed by atoms with E-state index in [9.17, 15) is 5.11 Å². The van der Waals surface area contributed by atoms with E-state index in [4.69, 9.17) is 0 Å². The molecule has 2 heteroatoms. The number of likely N-dealkylation sites (tertiary alicyclic amines) is 1. The molecule has 0 radical (unpaired) electrons. The van der Waals surface area contributed by atoms with E-state index in [0.717, 1.165) is 25.9 Å². The third-order valence-electron chi connectivity index (χ3n) is 4.96. The summed E-state index contributed by atoms with van der Waals surface area (Å²) in [4.78, 5) is 2.52. The average Bonchev–Trinajstić information content (AvgIpc) is 2.88. The van der Waals surface area contributed by atoms with E-state index in [1.165, 1.54) is 50.5 Å². The van der Waals surface area contributed by atoms with Crippen LogP contribution < -0.4 is 0 Å². The number of unbranched alkanes of at least 4 members (excludes halogenated alkanes) is 6. The summed E-state index contributed by atoms with van der Waals surface area (Å²) < 4.78 is 0. The molecule has 2 nitrogen and oxygen atoms in total. The van der Waals surface area contributed by atoms with Crippen LogP contribution in [0.25, 0.3) is 0 Å². The SMILES string of the molecule is CCCCCCCCCN1CCC(O)C1Cc1ccccc1. The van der Waals surface area contributed by atoms with Crippen molar-refractivity contribution in [1.29, 1.82) is 0 Å². The number of hydrogen-bond donors (Lipinski definition) is 1. The Morgan fingerprint density at radius 2 is 1.68 bits per heavy atom. The summed E-state index contributed by atoms with van der Waals surface area (Å²) in [5.74, 6) is 0. The van der Waals surface area contributed by atoms with Gasteiger partial charge in [0.1, 0.15) is 0 Å². The van der Waals surface area contributed by atoms with E-state index in [1.54, 1.807) is 0 Å². The highest BCUT2D eigenvalue weighted by Gasteiger charge is 2.32. The van der Waals surface area contributed by atoms with Crippen LogP contribution in [-0.2, 0) is 6.42 Å². The van der Waals surface area contributed by atoms with E-state index in [2.05, 4.69) is 42.2 Å². The fourth-order valence-corrected chi connectivity index (χ4v) is 3.57. The molecule has 22 heavy (non-hydrogen) atoms. The number of benzene rings is 1. The summed E-state index contributed by atoms with van der Waals surface area (Å²) in [6.07, 6.45) is 11.3. The zero-order valence-corrected chi connectivity index (χ0v) is 14.2. The minimum atomic E-state index is -0.148. The molecule has 1 fully saturated rings. The van der Waals surface area contributed by atoms with Gasteiger partial charge in [-0.1, -0.05) is 75.8 Å². The molecule has 0 saturated carbocycles. The van der Waals surface area contributed by atoms with Gasteiger partial charge in [-0.05, 0) is 31.4 Å². The molecule has 1 heterocycles. The largest absolute Gasteiger partial charge is 0.391 e. The first-order chi connectivity index (χ1) is 10.8. The number of aliphatic hydroxyl groups excluding tert-OH is 1. The van der Waals surface area contributed by atoms with Gasteiger partial charge in [0, 0.05) is 12.6 Å². The Morgan fingerprint density at radius 3 is 2.41 bits per heavy atom. The van der Waals surface area contributed by atoms with Crippen molar-refractivity contribution in [2.45, 2.75) is 76.9 Å². The van der Waals surface area contributed by atoms with Gasteiger partial charge in [-0.15, -0.1) is 0 Å². The van der Waals surface area contributed by atoms with Crippen LogP contribution in [-0.4, -0.2) is 35.2 Å². The predicted octanol–water partition coefficient (Wildman–Crippen LogP) is 4.41. The topological polar surface area (TPSA) is 23.5 Å². The smallest absolute Gasteiger partial charge is 0.0710 e. The lowest BCUT2D eigenvalue weighted by Crippen LogP contribution is -2.37. The summed E-state index contributed by atoms with van der Waals surface area (Å²) in [6, 6.07) is 10.9. The van der Waals surface area contributed by atoms with E-state index < -0.39 is 0 Å². The van der Waals surface area contributed by atoms with Gasteiger partial charge in [0.05, 0.1) is 6.10 Å². The highest BCUT2D eigenvalue weighted by molar-refractivity contribution is 5.16. The van der Waals surface area contributed by atoms with Crippen LogP contribution in [0.5, 0.6) is 0 Å². The molecular weight excluding hydrogens is 270 g/mol. The minimum Gasteiger partial charge on any atom is -0.391 e. The third kappa shape index (κ3) is 5.73. The summed E-state index contributed by atoms with van der Waals surface area (Å²) >= 11 is 0. The predicted molar refractivity (Wildman–Crippen MR) is 94.1 cm³/mol. The Balaban J connectivity index is 1.68.